The Bertz CT molecular complexity index is 998. The van der Waals surface area contributed by atoms with Crippen LogP contribution in [0.2, 0.25) is 0 Å². The van der Waals surface area contributed by atoms with E-state index in [0.717, 1.165) is 5.56 Å². The van der Waals surface area contributed by atoms with Gasteiger partial charge in [0, 0.05) is 31.3 Å². The van der Waals surface area contributed by atoms with E-state index in [4.69, 9.17) is 4.42 Å². The van der Waals surface area contributed by atoms with E-state index in [9.17, 15) is 14.7 Å². The molecule has 7 heteroatoms. The van der Waals surface area contributed by atoms with Gasteiger partial charge in [0.15, 0.2) is 11.5 Å². The summed E-state index contributed by atoms with van der Waals surface area (Å²) in [6.07, 6.45) is 7.80. The maximum atomic E-state index is 12.9. The number of hydrogen-bond donors (Lipinski definition) is 1. The summed E-state index contributed by atoms with van der Waals surface area (Å²) < 4.78 is 5.18. The van der Waals surface area contributed by atoms with Crippen LogP contribution in [0, 0.1) is 0 Å². The minimum Gasteiger partial charge on any atom is -0.503 e. The van der Waals surface area contributed by atoms with Crippen molar-refractivity contribution in [2.45, 2.75) is 12.6 Å². The Hall–Kier alpha value is -3.74. The molecule has 0 bridgehead atoms. The minimum absolute atomic E-state index is 0.00922. The highest BCUT2D eigenvalue weighted by Gasteiger charge is 2.44. The predicted octanol–water partition coefficient (Wildman–Crippen LogP) is 2.85. The van der Waals surface area contributed by atoms with Crippen LogP contribution < -0.4 is 0 Å². The predicted molar refractivity (Wildman–Crippen MR) is 94.5 cm³/mol. The number of aliphatic hydroxyl groups is 1. The van der Waals surface area contributed by atoms with Crippen LogP contribution in [-0.2, 0) is 11.3 Å². The molecule has 0 saturated heterocycles. The third-order valence-electron chi connectivity index (χ3n) is 4.39. The molecule has 1 atom stereocenters. The zero-order valence-electron chi connectivity index (χ0n) is 14.1. The number of carbonyl (C=O) groups is 2. The van der Waals surface area contributed by atoms with Gasteiger partial charge in [0.05, 0.1) is 17.9 Å². The highest BCUT2D eigenvalue weighted by molar-refractivity contribution is 6.14. The van der Waals surface area contributed by atoms with Crippen molar-refractivity contribution in [1.82, 2.24) is 14.9 Å². The summed E-state index contributed by atoms with van der Waals surface area (Å²) in [7, 11) is 0. The van der Waals surface area contributed by atoms with Crippen LogP contribution in [0.5, 0.6) is 0 Å². The first-order chi connectivity index (χ1) is 13.2. The Labute approximate surface area is 154 Å². The molecule has 4 rings (SSSR count). The lowest BCUT2D eigenvalue weighted by atomic mass is 9.95. The van der Waals surface area contributed by atoms with Gasteiger partial charge in [-0.05, 0) is 41.5 Å². The maximum Gasteiger partial charge on any atom is 0.290 e. The highest BCUT2D eigenvalue weighted by Crippen LogP contribution is 2.39. The number of hydrogen-bond acceptors (Lipinski definition) is 6. The average molecular weight is 361 g/mol. The summed E-state index contributed by atoms with van der Waals surface area (Å²) in [5.74, 6) is -1.65. The van der Waals surface area contributed by atoms with Gasteiger partial charge in [-0.3, -0.25) is 19.6 Å². The molecule has 7 nitrogen and oxygen atoms in total. The van der Waals surface area contributed by atoms with Crippen molar-refractivity contribution in [1.29, 1.82) is 0 Å². The lowest BCUT2D eigenvalue weighted by molar-refractivity contribution is -0.130. The van der Waals surface area contributed by atoms with Gasteiger partial charge >= 0.3 is 0 Å². The lowest BCUT2D eigenvalue weighted by Crippen LogP contribution is -2.30. The fourth-order valence-corrected chi connectivity index (χ4v) is 3.17. The number of carbonyl (C=O) groups excluding carboxylic acids is 2. The smallest absolute Gasteiger partial charge is 0.290 e. The lowest BCUT2D eigenvalue weighted by Gasteiger charge is -2.26. The number of furan rings is 1. The van der Waals surface area contributed by atoms with Crippen molar-refractivity contribution < 1.29 is 19.1 Å². The van der Waals surface area contributed by atoms with Gasteiger partial charge in [0.2, 0.25) is 5.78 Å². The highest BCUT2D eigenvalue weighted by atomic mass is 16.3. The molecule has 0 aromatic carbocycles. The summed E-state index contributed by atoms with van der Waals surface area (Å²) in [6.45, 7) is 0.193. The zero-order chi connectivity index (χ0) is 18.8. The van der Waals surface area contributed by atoms with Gasteiger partial charge in [0.25, 0.3) is 5.91 Å². The van der Waals surface area contributed by atoms with Crippen LogP contribution in [0.25, 0.3) is 0 Å². The van der Waals surface area contributed by atoms with Crippen LogP contribution in [-0.4, -0.2) is 31.7 Å². The second-order valence-electron chi connectivity index (χ2n) is 6.05. The third kappa shape index (κ3) is 2.99. The third-order valence-corrected chi connectivity index (χ3v) is 4.39. The zero-order valence-corrected chi connectivity index (χ0v) is 14.1. The number of aromatic nitrogens is 2. The van der Waals surface area contributed by atoms with Gasteiger partial charge in [-0.1, -0.05) is 6.07 Å². The molecule has 3 aromatic heterocycles. The summed E-state index contributed by atoms with van der Waals surface area (Å²) >= 11 is 0. The van der Waals surface area contributed by atoms with Crippen molar-refractivity contribution >= 4 is 11.7 Å². The van der Waals surface area contributed by atoms with E-state index in [1.807, 2.05) is 6.07 Å². The van der Waals surface area contributed by atoms with Gasteiger partial charge in [-0.2, -0.15) is 0 Å². The number of pyridine rings is 2. The normalized spacial score (nSPS) is 16.8. The van der Waals surface area contributed by atoms with Crippen molar-refractivity contribution in [2.75, 3.05) is 0 Å². The van der Waals surface area contributed by atoms with E-state index < -0.39 is 23.5 Å². The first kappa shape index (κ1) is 16.7. The molecular weight excluding hydrogens is 346 g/mol. The second kappa shape index (κ2) is 6.87. The molecule has 1 N–H and O–H groups in total. The van der Waals surface area contributed by atoms with Crippen LogP contribution in [0.4, 0.5) is 0 Å². The topological polar surface area (TPSA) is 96.5 Å². The van der Waals surface area contributed by atoms with E-state index in [2.05, 4.69) is 9.97 Å². The van der Waals surface area contributed by atoms with Gasteiger partial charge in [-0.15, -0.1) is 0 Å². The van der Waals surface area contributed by atoms with E-state index in [1.54, 1.807) is 49.1 Å². The van der Waals surface area contributed by atoms with E-state index >= 15 is 0 Å². The SMILES string of the molecule is O=C(C1=C(O)C(=O)N(Cc2cccnc2)[C@@H]1c1ccncc1)c1ccco1. The van der Waals surface area contributed by atoms with E-state index in [1.165, 1.54) is 17.2 Å². The molecule has 0 spiro atoms. The summed E-state index contributed by atoms with van der Waals surface area (Å²) in [5.41, 5.74) is 1.44. The van der Waals surface area contributed by atoms with Crippen molar-refractivity contribution in [3.63, 3.8) is 0 Å². The Morgan fingerprint density at radius 2 is 1.93 bits per heavy atom. The van der Waals surface area contributed by atoms with Crippen LogP contribution >= 0.6 is 0 Å². The molecule has 0 aliphatic carbocycles. The number of amides is 1. The fraction of sp³-hybridized carbons (Fsp3) is 0.100. The van der Waals surface area contributed by atoms with Gasteiger partial charge in [0.1, 0.15) is 0 Å². The Kier molecular flexibility index (Phi) is 4.25. The molecule has 0 radical (unpaired) electrons. The number of ketones is 1. The van der Waals surface area contributed by atoms with Crippen molar-refractivity contribution in [3.8, 4) is 0 Å². The van der Waals surface area contributed by atoms with E-state index in [-0.39, 0.29) is 17.9 Å². The molecular formula is C20H15N3O4. The molecule has 134 valence electrons. The molecule has 27 heavy (non-hydrogen) atoms. The number of rotatable bonds is 5. The van der Waals surface area contributed by atoms with Crippen molar-refractivity contribution in [3.05, 3.63) is 95.7 Å². The van der Waals surface area contributed by atoms with Crippen LogP contribution in [0.3, 0.4) is 0 Å². The Balaban J connectivity index is 1.79. The van der Waals surface area contributed by atoms with Crippen molar-refractivity contribution in [2.24, 2.45) is 0 Å². The van der Waals surface area contributed by atoms with Crippen LogP contribution in [0.1, 0.15) is 27.7 Å². The molecule has 1 aliphatic heterocycles. The first-order valence-corrected chi connectivity index (χ1v) is 8.28. The number of nitrogens with zero attached hydrogens (tertiary/aromatic N) is 3. The Morgan fingerprint density at radius 3 is 2.59 bits per heavy atom. The number of Topliss-reactive ketones (excluding diaryl/α,β-unsaturated/α-hetero) is 1. The molecule has 4 heterocycles. The molecule has 0 fully saturated rings. The quantitative estimate of drug-likeness (QED) is 0.702. The van der Waals surface area contributed by atoms with Crippen LogP contribution in [0.15, 0.2) is 83.2 Å². The maximum absolute atomic E-state index is 12.9. The largest absolute Gasteiger partial charge is 0.503 e. The molecule has 0 saturated carbocycles. The van der Waals surface area contributed by atoms with Gasteiger partial charge < -0.3 is 14.4 Å². The first-order valence-electron chi connectivity index (χ1n) is 8.28. The summed E-state index contributed by atoms with van der Waals surface area (Å²) in [5, 5.41) is 10.5. The Morgan fingerprint density at radius 1 is 1.11 bits per heavy atom. The number of aliphatic hydroxyl groups excluding tert-OH is 1. The van der Waals surface area contributed by atoms with E-state index in [0.29, 0.717) is 5.56 Å². The molecule has 1 aliphatic rings. The average Bonchev–Trinajstić information content (AvgIpc) is 3.32. The summed E-state index contributed by atoms with van der Waals surface area (Å²) in [4.78, 5) is 35.2. The second-order valence-corrected chi connectivity index (χ2v) is 6.05. The minimum atomic E-state index is -0.752. The molecule has 1 amide bonds. The monoisotopic (exact) mass is 361 g/mol. The van der Waals surface area contributed by atoms with Gasteiger partial charge in [-0.25, -0.2) is 0 Å². The summed E-state index contributed by atoms with van der Waals surface area (Å²) in [6, 6.07) is 9.34. The molecule has 0 unspecified atom stereocenters. The molecule has 3 aromatic rings. The standard InChI is InChI=1S/C20H15N3O4/c24-18(15-4-2-10-27-15)16-17(14-5-8-21-9-6-14)23(20(26)19(16)25)12-13-3-1-7-22-11-13/h1-11,17,25H,12H2/t17-/m1/s1. The fourth-order valence-electron chi connectivity index (χ4n) is 3.17.